The number of nitrogens with two attached hydrogens (primary N) is 2. The normalized spacial score (nSPS) is 26.1. The second-order valence-corrected chi connectivity index (χ2v) is 10.3. The number of aliphatic hydroxyl groups excluding tert-OH is 1. The van der Waals surface area contributed by atoms with Crippen molar-refractivity contribution < 1.29 is 19.4 Å². The van der Waals surface area contributed by atoms with E-state index in [9.17, 15) is 9.90 Å². The lowest BCUT2D eigenvalue weighted by atomic mass is 9.97. The van der Waals surface area contributed by atoms with Crippen LogP contribution in [0.1, 0.15) is 24.3 Å². The van der Waals surface area contributed by atoms with Gasteiger partial charge >= 0.3 is 5.97 Å². The van der Waals surface area contributed by atoms with Crippen LogP contribution in [-0.4, -0.2) is 75.2 Å². The largest absolute Gasteiger partial charge is 0.462 e. The number of esters is 1. The van der Waals surface area contributed by atoms with Crippen molar-refractivity contribution >= 4 is 40.9 Å². The molecule has 1 unspecified atom stereocenters. The van der Waals surface area contributed by atoms with Crippen molar-refractivity contribution in [2.24, 2.45) is 0 Å². The zero-order chi connectivity index (χ0) is 27.0. The summed E-state index contributed by atoms with van der Waals surface area (Å²) < 4.78 is 11.4. The number of ether oxygens (including phenoxy) is 2. The fourth-order valence-electron chi connectivity index (χ4n) is 5.27. The summed E-state index contributed by atoms with van der Waals surface area (Å²) in [5.41, 5.74) is 12.8. The molecule has 3 aliphatic rings. The van der Waals surface area contributed by atoms with Crippen LogP contribution in [0.2, 0.25) is 10.0 Å². The van der Waals surface area contributed by atoms with Gasteiger partial charge in [0.15, 0.2) is 5.82 Å². The third-order valence-corrected chi connectivity index (χ3v) is 8.08. The quantitative estimate of drug-likeness (QED) is 0.314. The van der Waals surface area contributed by atoms with E-state index in [2.05, 4.69) is 27.1 Å². The number of hydrogen-bond acceptors (Lipinski definition) is 10. The third kappa shape index (κ3) is 5.27. The highest BCUT2D eigenvalue weighted by Crippen LogP contribution is 2.48. The Labute approximate surface area is 229 Å². The number of aliphatic hydroxyl groups is 1. The van der Waals surface area contributed by atoms with Crippen molar-refractivity contribution in [3.8, 4) is 11.3 Å². The Morgan fingerprint density at radius 3 is 2.42 bits per heavy atom. The number of anilines is 2. The fourth-order valence-corrected chi connectivity index (χ4v) is 5.66. The number of nitrogens with zero attached hydrogens (tertiary/aromatic N) is 4. The summed E-state index contributed by atoms with van der Waals surface area (Å²) in [5.74, 6) is -0.738. The maximum atomic E-state index is 12.4. The Morgan fingerprint density at radius 1 is 1.11 bits per heavy atom. The Hall–Kier alpha value is -3.02. The SMILES string of the molecule is CN1[C@@H]2CC(OC(=O)[C@H](CO)c3ccccc3)C[C@H]1[C@@H]1O[C@@H]12.Nc1nnc(-c2cccc(Cl)c2Cl)c(N)n1. The molecule has 0 amide bonds. The molecule has 38 heavy (non-hydrogen) atoms. The van der Waals surface area contributed by atoms with Gasteiger partial charge in [0.1, 0.15) is 29.9 Å². The molecule has 12 heteroatoms. The molecule has 1 aromatic heterocycles. The van der Waals surface area contributed by atoms with Crippen molar-refractivity contribution in [2.75, 3.05) is 25.1 Å². The number of halogens is 2. The maximum Gasteiger partial charge on any atom is 0.316 e. The Kier molecular flexibility index (Phi) is 7.69. The van der Waals surface area contributed by atoms with Crippen LogP contribution in [0.15, 0.2) is 48.5 Å². The van der Waals surface area contributed by atoms with Gasteiger partial charge in [-0.25, -0.2) is 0 Å². The van der Waals surface area contributed by atoms with Crippen LogP contribution in [0.3, 0.4) is 0 Å². The van der Waals surface area contributed by atoms with E-state index in [1.165, 1.54) is 0 Å². The molecule has 3 aliphatic heterocycles. The van der Waals surface area contributed by atoms with Crippen molar-refractivity contribution in [1.82, 2.24) is 20.1 Å². The molecular formula is C26H28Cl2N6O4. The molecule has 6 atom stereocenters. The van der Waals surface area contributed by atoms with Crippen LogP contribution in [0, 0.1) is 0 Å². The van der Waals surface area contributed by atoms with Crippen molar-refractivity contribution in [3.05, 3.63) is 64.1 Å². The first-order chi connectivity index (χ1) is 18.3. The predicted octanol–water partition coefficient (Wildman–Crippen LogP) is 2.93. The summed E-state index contributed by atoms with van der Waals surface area (Å²) in [6.45, 7) is -0.226. The van der Waals surface area contributed by atoms with Gasteiger partial charge in [0.25, 0.3) is 0 Å². The van der Waals surface area contributed by atoms with Gasteiger partial charge in [0.05, 0.1) is 16.7 Å². The first kappa shape index (κ1) is 26.6. The zero-order valence-corrected chi connectivity index (χ0v) is 22.1. The van der Waals surface area contributed by atoms with Crippen molar-refractivity contribution in [3.63, 3.8) is 0 Å². The van der Waals surface area contributed by atoms with Crippen LogP contribution in [-0.2, 0) is 14.3 Å². The molecule has 0 radical (unpaired) electrons. The molecule has 2 bridgehead atoms. The van der Waals surface area contributed by atoms with E-state index in [1.54, 1.807) is 18.2 Å². The van der Waals surface area contributed by atoms with Gasteiger partial charge in [-0.05, 0) is 18.7 Å². The standard InChI is InChI=1S/C17H21NO4.C9H7Cl2N5/c1-18-13-7-11(8-14(18)16-15(13)22-16)21-17(20)12(9-19)10-5-3-2-4-6-10;10-5-3-1-2-4(6(5)11)7-8(12)14-9(13)16-15-7/h2-6,11-16,19H,7-9H2,1H3;1-3H,(H4,12,13,14,16)/t11?,12-,13-,14+,15-,16+;/m1./s1. The zero-order valence-electron chi connectivity index (χ0n) is 20.6. The highest BCUT2D eigenvalue weighted by molar-refractivity contribution is 6.43. The minimum Gasteiger partial charge on any atom is -0.462 e. The lowest BCUT2D eigenvalue weighted by Crippen LogP contribution is -2.48. The number of benzene rings is 2. The van der Waals surface area contributed by atoms with Gasteiger partial charge in [-0.15, -0.1) is 10.2 Å². The lowest BCUT2D eigenvalue weighted by Gasteiger charge is -2.38. The third-order valence-electron chi connectivity index (χ3n) is 7.26. The average molecular weight is 559 g/mol. The smallest absolute Gasteiger partial charge is 0.316 e. The number of fused-ring (bicyclic) bond motifs is 5. The van der Waals surface area contributed by atoms with Crippen LogP contribution >= 0.6 is 23.2 Å². The van der Waals surface area contributed by atoms with Crippen molar-refractivity contribution in [2.45, 2.75) is 49.2 Å². The van der Waals surface area contributed by atoms with Crippen molar-refractivity contribution in [1.29, 1.82) is 0 Å². The first-order valence-electron chi connectivity index (χ1n) is 12.2. The van der Waals surface area contributed by atoms with E-state index in [4.69, 9.17) is 44.1 Å². The highest BCUT2D eigenvalue weighted by Gasteiger charge is 2.62. The van der Waals surface area contributed by atoms with Gasteiger partial charge in [-0.1, -0.05) is 65.7 Å². The summed E-state index contributed by atoms with van der Waals surface area (Å²) in [7, 11) is 2.13. The van der Waals surface area contributed by atoms with Crippen LogP contribution in [0.5, 0.6) is 0 Å². The van der Waals surface area contributed by atoms with Gasteiger partial charge in [-0.3, -0.25) is 9.69 Å². The van der Waals surface area contributed by atoms with Crippen LogP contribution in [0.25, 0.3) is 11.3 Å². The highest BCUT2D eigenvalue weighted by atomic mass is 35.5. The van der Waals surface area contributed by atoms with E-state index in [-0.39, 0.29) is 30.4 Å². The molecule has 6 rings (SSSR count). The number of aromatic nitrogens is 3. The van der Waals surface area contributed by atoms with Crippen LogP contribution in [0.4, 0.5) is 11.8 Å². The van der Waals surface area contributed by atoms with E-state index in [0.717, 1.165) is 18.4 Å². The lowest BCUT2D eigenvalue weighted by molar-refractivity contribution is -0.156. The molecule has 0 saturated carbocycles. The summed E-state index contributed by atoms with van der Waals surface area (Å²) in [5, 5.41) is 17.8. The fraction of sp³-hybridized carbons (Fsp3) is 0.385. The predicted molar refractivity (Wildman–Crippen MR) is 143 cm³/mol. The second kappa shape index (κ2) is 11.0. The number of piperidine rings is 1. The number of likely N-dealkylation sites (N-methyl/N-ethyl adjacent to an activating group) is 1. The molecule has 10 nitrogen and oxygen atoms in total. The number of carbonyl (C=O) groups excluding carboxylic acids is 1. The number of morpholine rings is 1. The number of nitrogen functional groups attached to an aromatic ring is 2. The number of hydrogen-bond donors (Lipinski definition) is 3. The van der Waals surface area contributed by atoms with Gasteiger partial charge < -0.3 is 26.0 Å². The average Bonchev–Trinajstić information content (AvgIpc) is 3.66. The molecule has 3 aromatic rings. The Bertz CT molecular complexity index is 1300. The molecule has 2 aromatic carbocycles. The number of carbonyl (C=O) groups is 1. The van der Waals surface area contributed by atoms with Crippen LogP contribution < -0.4 is 11.5 Å². The summed E-state index contributed by atoms with van der Waals surface area (Å²) in [6.07, 6.45) is 2.26. The molecule has 3 saturated heterocycles. The summed E-state index contributed by atoms with van der Waals surface area (Å²) >= 11 is 11.9. The molecule has 3 fully saturated rings. The van der Waals surface area contributed by atoms with E-state index in [1.807, 2.05) is 30.3 Å². The minimum absolute atomic E-state index is 0.0133. The molecule has 4 heterocycles. The first-order valence-corrected chi connectivity index (χ1v) is 13.0. The monoisotopic (exact) mass is 558 g/mol. The number of rotatable bonds is 5. The molecule has 5 N–H and O–H groups in total. The van der Waals surface area contributed by atoms with Gasteiger partial charge in [-0.2, -0.15) is 4.98 Å². The minimum atomic E-state index is -0.593. The van der Waals surface area contributed by atoms with Gasteiger partial charge in [0, 0.05) is 30.5 Å². The maximum absolute atomic E-state index is 12.4. The number of epoxide rings is 1. The Balaban J connectivity index is 0.000000163. The Morgan fingerprint density at radius 2 is 1.79 bits per heavy atom. The topological polar surface area (TPSA) is 153 Å². The van der Waals surface area contributed by atoms with E-state index < -0.39 is 5.92 Å². The summed E-state index contributed by atoms with van der Waals surface area (Å²) in [4.78, 5) is 18.6. The van der Waals surface area contributed by atoms with E-state index >= 15 is 0 Å². The molecular weight excluding hydrogens is 531 g/mol. The molecule has 0 spiro atoms. The molecule has 200 valence electrons. The second-order valence-electron chi connectivity index (χ2n) is 9.55. The summed E-state index contributed by atoms with van der Waals surface area (Å²) in [6, 6.07) is 15.2. The molecule has 0 aliphatic carbocycles. The van der Waals surface area contributed by atoms with E-state index in [0.29, 0.717) is 45.6 Å². The van der Waals surface area contributed by atoms with Gasteiger partial charge in [0.2, 0.25) is 5.95 Å².